The van der Waals surface area contributed by atoms with Crippen molar-refractivity contribution in [1.29, 1.82) is 0 Å². The first-order valence-electron chi connectivity index (χ1n) is 5.91. The highest BCUT2D eigenvalue weighted by atomic mass is 16.5. The van der Waals surface area contributed by atoms with E-state index in [1.165, 1.54) is 11.0 Å². The molecule has 1 aliphatic rings. The van der Waals surface area contributed by atoms with Crippen LogP contribution in [0.1, 0.15) is 12.5 Å². The van der Waals surface area contributed by atoms with E-state index in [9.17, 15) is 9.59 Å². The molecule has 1 heterocycles. The van der Waals surface area contributed by atoms with Crippen LogP contribution in [0.3, 0.4) is 0 Å². The third-order valence-electron chi connectivity index (χ3n) is 2.76. The lowest BCUT2D eigenvalue weighted by Crippen LogP contribution is -2.39. The van der Waals surface area contributed by atoms with Crippen LogP contribution >= 0.6 is 0 Å². The summed E-state index contributed by atoms with van der Waals surface area (Å²) < 4.78 is 4.96. The summed E-state index contributed by atoms with van der Waals surface area (Å²) in [5.74, 6) is -0.535. The minimum atomic E-state index is -0.599. The van der Waals surface area contributed by atoms with Crippen LogP contribution in [0.5, 0.6) is 0 Å². The van der Waals surface area contributed by atoms with Crippen LogP contribution in [-0.2, 0) is 20.9 Å². The van der Waals surface area contributed by atoms with Crippen molar-refractivity contribution in [3.8, 4) is 0 Å². The Bertz CT molecular complexity index is 467. The Kier molecular flexibility index (Phi) is 3.77. The maximum Gasteiger partial charge on any atom is 0.332 e. The highest BCUT2D eigenvalue weighted by Crippen LogP contribution is 2.16. The molecule has 1 aliphatic heterocycles. The third kappa shape index (κ3) is 2.59. The van der Waals surface area contributed by atoms with Crippen molar-refractivity contribution in [1.82, 2.24) is 4.90 Å². The molecule has 1 aromatic carbocycles. The Morgan fingerprint density at radius 2 is 2.06 bits per heavy atom. The Balaban J connectivity index is 2.10. The molecule has 18 heavy (non-hydrogen) atoms. The predicted octanol–water partition coefficient (Wildman–Crippen LogP) is 1.52. The van der Waals surface area contributed by atoms with Crippen LogP contribution in [0.4, 0.5) is 0 Å². The van der Waals surface area contributed by atoms with Gasteiger partial charge in [0.15, 0.2) is 0 Å². The summed E-state index contributed by atoms with van der Waals surface area (Å²) in [4.78, 5) is 25.0. The molecule has 0 radical (unpaired) electrons. The number of amides is 1. The second-order valence-corrected chi connectivity index (χ2v) is 4.01. The van der Waals surface area contributed by atoms with Gasteiger partial charge >= 0.3 is 5.97 Å². The van der Waals surface area contributed by atoms with Gasteiger partial charge in [0.05, 0.1) is 6.61 Å². The van der Waals surface area contributed by atoms with Crippen LogP contribution in [0.15, 0.2) is 42.5 Å². The van der Waals surface area contributed by atoms with E-state index in [-0.39, 0.29) is 11.9 Å². The van der Waals surface area contributed by atoms with Crippen molar-refractivity contribution in [2.24, 2.45) is 0 Å². The van der Waals surface area contributed by atoms with E-state index in [1.54, 1.807) is 13.0 Å². The van der Waals surface area contributed by atoms with E-state index in [0.29, 0.717) is 13.2 Å². The van der Waals surface area contributed by atoms with Crippen molar-refractivity contribution in [2.45, 2.75) is 19.5 Å². The van der Waals surface area contributed by atoms with Gasteiger partial charge < -0.3 is 9.64 Å². The van der Waals surface area contributed by atoms with E-state index in [4.69, 9.17) is 4.74 Å². The molecule has 0 fully saturated rings. The number of ether oxygens (including phenoxy) is 1. The zero-order chi connectivity index (χ0) is 13.0. The van der Waals surface area contributed by atoms with Gasteiger partial charge in [-0.25, -0.2) is 4.79 Å². The molecular weight excluding hydrogens is 230 g/mol. The number of hydrogen-bond acceptors (Lipinski definition) is 3. The number of benzene rings is 1. The second kappa shape index (κ2) is 5.49. The largest absolute Gasteiger partial charge is 0.464 e. The van der Waals surface area contributed by atoms with Crippen molar-refractivity contribution in [3.05, 3.63) is 48.0 Å². The van der Waals surface area contributed by atoms with Gasteiger partial charge in [-0.15, -0.1) is 0 Å². The van der Waals surface area contributed by atoms with Gasteiger partial charge in [0.2, 0.25) is 5.91 Å². The fourth-order valence-electron chi connectivity index (χ4n) is 1.90. The zero-order valence-corrected chi connectivity index (χ0v) is 10.2. The molecule has 0 spiro atoms. The SMILES string of the molecule is CCOC(=O)[C@@H]1C=CC(=O)N1Cc1ccccc1. The van der Waals surface area contributed by atoms with E-state index < -0.39 is 6.04 Å². The number of esters is 1. The molecule has 0 N–H and O–H groups in total. The second-order valence-electron chi connectivity index (χ2n) is 4.01. The molecule has 0 aliphatic carbocycles. The number of hydrogen-bond donors (Lipinski definition) is 0. The monoisotopic (exact) mass is 245 g/mol. The first-order valence-corrected chi connectivity index (χ1v) is 5.91. The maximum absolute atomic E-state index is 11.7. The molecule has 4 nitrogen and oxygen atoms in total. The molecule has 1 atom stereocenters. The molecule has 1 aromatic rings. The van der Waals surface area contributed by atoms with Crippen molar-refractivity contribution < 1.29 is 14.3 Å². The van der Waals surface area contributed by atoms with Gasteiger partial charge in [-0.3, -0.25) is 4.79 Å². The van der Waals surface area contributed by atoms with Gasteiger partial charge in [-0.1, -0.05) is 30.3 Å². The summed E-state index contributed by atoms with van der Waals surface area (Å²) in [6.07, 6.45) is 3.01. The molecule has 1 amide bonds. The fourth-order valence-corrected chi connectivity index (χ4v) is 1.90. The molecular formula is C14H15NO3. The van der Waals surface area contributed by atoms with Gasteiger partial charge in [0.25, 0.3) is 0 Å². The molecule has 2 rings (SSSR count). The van der Waals surface area contributed by atoms with Crippen molar-refractivity contribution in [2.75, 3.05) is 6.61 Å². The van der Waals surface area contributed by atoms with Crippen LogP contribution in [-0.4, -0.2) is 29.4 Å². The highest BCUT2D eigenvalue weighted by Gasteiger charge is 2.32. The molecule has 0 saturated carbocycles. The molecule has 94 valence electrons. The zero-order valence-electron chi connectivity index (χ0n) is 10.2. The maximum atomic E-state index is 11.7. The first-order chi connectivity index (χ1) is 8.72. The summed E-state index contributed by atoms with van der Waals surface area (Å²) in [6, 6.07) is 8.97. The van der Waals surface area contributed by atoms with Gasteiger partial charge in [-0.2, -0.15) is 0 Å². The average molecular weight is 245 g/mol. The summed E-state index contributed by atoms with van der Waals surface area (Å²) in [6.45, 7) is 2.48. The van der Waals surface area contributed by atoms with E-state index >= 15 is 0 Å². The Morgan fingerprint density at radius 3 is 2.72 bits per heavy atom. The van der Waals surface area contributed by atoms with Crippen LogP contribution < -0.4 is 0 Å². The van der Waals surface area contributed by atoms with Gasteiger partial charge in [0.1, 0.15) is 6.04 Å². The van der Waals surface area contributed by atoms with E-state index in [1.807, 2.05) is 30.3 Å². The Morgan fingerprint density at radius 1 is 1.33 bits per heavy atom. The summed E-state index contributed by atoms with van der Waals surface area (Å²) in [5.41, 5.74) is 0.990. The molecule has 0 aromatic heterocycles. The minimum absolute atomic E-state index is 0.156. The van der Waals surface area contributed by atoms with Crippen LogP contribution in [0.25, 0.3) is 0 Å². The number of nitrogens with zero attached hydrogens (tertiary/aromatic N) is 1. The van der Waals surface area contributed by atoms with Gasteiger partial charge in [0, 0.05) is 12.6 Å². The normalized spacial score (nSPS) is 18.2. The smallest absolute Gasteiger partial charge is 0.332 e. The predicted molar refractivity (Wildman–Crippen MR) is 66.6 cm³/mol. The van der Waals surface area contributed by atoms with E-state index in [2.05, 4.69) is 0 Å². The molecule has 0 saturated heterocycles. The van der Waals surface area contributed by atoms with Crippen molar-refractivity contribution in [3.63, 3.8) is 0 Å². The lowest BCUT2D eigenvalue weighted by atomic mass is 10.2. The summed E-state index contributed by atoms with van der Waals surface area (Å²) in [5, 5.41) is 0. The lowest BCUT2D eigenvalue weighted by molar-refractivity contribution is -0.150. The summed E-state index contributed by atoms with van der Waals surface area (Å²) >= 11 is 0. The van der Waals surface area contributed by atoms with E-state index in [0.717, 1.165) is 5.56 Å². The minimum Gasteiger partial charge on any atom is -0.464 e. The third-order valence-corrected chi connectivity index (χ3v) is 2.76. The number of carbonyl (C=O) groups excluding carboxylic acids is 2. The molecule has 4 heteroatoms. The fraction of sp³-hybridized carbons (Fsp3) is 0.286. The number of rotatable bonds is 4. The highest BCUT2D eigenvalue weighted by molar-refractivity contribution is 5.96. The quantitative estimate of drug-likeness (QED) is 0.755. The van der Waals surface area contributed by atoms with Crippen LogP contribution in [0.2, 0.25) is 0 Å². The molecule has 0 bridgehead atoms. The Hall–Kier alpha value is -2.10. The topological polar surface area (TPSA) is 46.6 Å². The number of carbonyl (C=O) groups is 2. The summed E-state index contributed by atoms with van der Waals surface area (Å²) in [7, 11) is 0. The molecule has 0 unspecified atom stereocenters. The van der Waals surface area contributed by atoms with Crippen molar-refractivity contribution >= 4 is 11.9 Å². The van der Waals surface area contributed by atoms with Crippen LogP contribution in [0, 0.1) is 0 Å². The standard InChI is InChI=1S/C14H15NO3/c1-2-18-14(17)12-8-9-13(16)15(12)10-11-6-4-3-5-7-11/h3-9,12H,2,10H2,1H3/t12-/m0/s1. The Labute approximate surface area is 106 Å². The lowest BCUT2D eigenvalue weighted by Gasteiger charge is -2.23. The average Bonchev–Trinajstić information content (AvgIpc) is 2.73. The van der Waals surface area contributed by atoms with Gasteiger partial charge in [-0.05, 0) is 18.6 Å². The first kappa shape index (κ1) is 12.4.